The highest BCUT2D eigenvalue weighted by molar-refractivity contribution is 5.75. The Morgan fingerprint density at radius 3 is 2.24 bits per heavy atom. The molecular weight excluding hydrogens is 371 g/mol. The normalized spacial score (nSPS) is 15.8. The van der Waals surface area contributed by atoms with Gasteiger partial charge in [-0.25, -0.2) is 4.57 Å². The lowest BCUT2D eigenvalue weighted by atomic mass is 9.85. The quantitative estimate of drug-likeness (QED) is 0.433. The van der Waals surface area contributed by atoms with E-state index in [1.54, 1.807) is 36.7 Å². The molecular formula is C25H27F3N+. The molecule has 0 spiro atoms. The SMILES string of the molecule is [2H]C([2H])([2H])c1cc(C)c(-c2ccc(C([2H])([2H])C(C)(C)C(F)(F)F)c[n+]2C)cc1-c1ccccc1. The monoisotopic (exact) mass is 403 g/mol. The lowest BCUT2D eigenvalue weighted by Crippen LogP contribution is -2.36. The lowest BCUT2D eigenvalue weighted by Gasteiger charge is -2.27. The smallest absolute Gasteiger partial charge is 0.201 e. The third-order valence-corrected chi connectivity index (χ3v) is 5.02. The molecule has 1 nitrogen and oxygen atoms in total. The number of aryl methyl sites for hydroxylation is 3. The molecule has 0 unspecified atom stereocenters. The molecule has 0 fully saturated rings. The van der Waals surface area contributed by atoms with E-state index in [0.29, 0.717) is 22.4 Å². The maximum absolute atomic E-state index is 13.6. The van der Waals surface area contributed by atoms with E-state index in [2.05, 4.69) is 0 Å². The zero-order valence-electron chi connectivity index (χ0n) is 21.9. The molecule has 0 aliphatic carbocycles. The molecule has 1 heterocycles. The molecule has 3 rings (SSSR count). The van der Waals surface area contributed by atoms with Crippen molar-refractivity contribution in [3.05, 3.63) is 77.5 Å². The summed E-state index contributed by atoms with van der Waals surface area (Å²) >= 11 is 0. The molecule has 0 saturated carbocycles. The van der Waals surface area contributed by atoms with Gasteiger partial charge >= 0.3 is 6.18 Å². The van der Waals surface area contributed by atoms with Crippen molar-refractivity contribution in [3.8, 4) is 22.4 Å². The van der Waals surface area contributed by atoms with Gasteiger partial charge in [0.15, 0.2) is 6.20 Å². The fourth-order valence-corrected chi connectivity index (χ4v) is 3.23. The van der Waals surface area contributed by atoms with Gasteiger partial charge in [-0.2, -0.15) is 13.2 Å². The van der Waals surface area contributed by atoms with Crippen molar-refractivity contribution in [1.29, 1.82) is 0 Å². The minimum Gasteiger partial charge on any atom is -0.201 e. The van der Waals surface area contributed by atoms with Gasteiger partial charge in [0.1, 0.15) is 7.05 Å². The standard InChI is InChI=1S/C25H27F3N/c1-17-13-18(2)22(14-21(17)20-9-7-6-8-10-20)23-12-11-19(16-29(23)5)15-24(3,4)25(26,27)28/h6-14,16H,15H2,1-5H3/q+1/i1D3,15D2. The predicted octanol–water partition coefficient (Wildman–Crippen LogP) is 6.59. The Morgan fingerprint density at radius 1 is 0.966 bits per heavy atom. The van der Waals surface area contributed by atoms with Crippen LogP contribution in [-0.4, -0.2) is 6.18 Å². The van der Waals surface area contributed by atoms with Crippen LogP contribution in [0.5, 0.6) is 0 Å². The second kappa shape index (κ2) is 7.66. The van der Waals surface area contributed by atoms with Crippen LogP contribution in [0.15, 0.2) is 60.8 Å². The molecule has 0 aliphatic rings. The van der Waals surface area contributed by atoms with Crippen LogP contribution >= 0.6 is 0 Å². The second-order valence-electron chi connectivity index (χ2n) is 7.74. The Bertz CT molecular complexity index is 1200. The minimum atomic E-state index is -4.74. The van der Waals surface area contributed by atoms with Gasteiger partial charge in [-0.1, -0.05) is 50.2 Å². The number of pyridine rings is 1. The maximum atomic E-state index is 13.6. The average molecular weight is 404 g/mol. The van der Waals surface area contributed by atoms with Crippen molar-refractivity contribution in [1.82, 2.24) is 0 Å². The second-order valence-corrected chi connectivity index (χ2v) is 7.74. The number of halogens is 3. The van der Waals surface area contributed by atoms with Crippen molar-refractivity contribution in [2.24, 2.45) is 12.5 Å². The van der Waals surface area contributed by atoms with E-state index < -0.39 is 24.8 Å². The molecule has 0 bridgehead atoms. The molecule has 0 amide bonds. The largest absolute Gasteiger partial charge is 0.394 e. The van der Waals surface area contributed by atoms with Crippen molar-refractivity contribution >= 4 is 0 Å². The summed E-state index contributed by atoms with van der Waals surface area (Å²) < 4.78 is 82.7. The number of hydrogen-bond acceptors (Lipinski definition) is 0. The van der Waals surface area contributed by atoms with Crippen LogP contribution in [0.3, 0.4) is 0 Å². The highest BCUT2D eigenvalue weighted by Gasteiger charge is 2.47. The summed E-state index contributed by atoms with van der Waals surface area (Å²) in [6.45, 7) is 1.15. The summed E-state index contributed by atoms with van der Waals surface area (Å²) in [5, 5.41) is 0. The summed E-state index contributed by atoms with van der Waals surface area (Å²) in [7, 11) is 1.63. The molecule has 0 N–H and O–H groups in total. The first-order valence-corrected chi connectivity index (χ1v) is 9.26. The first kappa shape index (κ1) is 15.3. The van der Waals surface area contributed by atoms with Crippen LogP contribution in [-0.2, 0) is 13.4 Å². The van der Waals surface area contributed by atoms with E-state index >= 15 is 0 Å². The fraction of sp³-hybridized carbons (Fsp3) is 0.320. The van der Waals surface area contributed by atoms with Gasteiger partial charge in [-0.3, -0.25) is 0 Å². The van der Waals surface area contributed by atoms with Crippen molar-refractivity contribution in [3.63, 3.8) is 0 Å². The molecule has 0 saturated heterocycles. The third kappa shape index (κ3) is 4.36. The highest BCUT2D eigenvalue weighted by atomic mass is 19.4. The molecule has 4 heteroatoms. The molecule has 0 aliphatic heterocycles. The number of rotatable bonds is 4. The first-order chi connectivity index (χ1) is 15.5. The van der Waals surface area contributed by atoms with Crippen LogP contribution in [0, 0.1) is 19.2 Å². The van der Waals surface area contributed by atoms with Gasteiger partial charge in [0.2, 0.25) is 5.69 Å². The summed E-state index contributed by atoms with van der Waals surface area (Å²) in [4.78, 5) is 0. The number of hydrogen-bond donors (Lipinski definition) is 0. The predicted molar refractivity (Wildman–Crippen MR) is 112 cm³/mol. The zero-order chi connectivity index (χ0) is 25.7. The Kier molecular flexibility index (Phi) is 4.03. The average Bonchev–Trinajstić information content (AvgIpc) is 2.72. The molecule has 0 atom stereocenters. The van der Waals surface area contributed by atoms with Crippen molar-refractivity contribution < 1.29 is 24.6 Å². The van der Waals surface area contributed by atoms with Gasteiger partial charge in [0, 0.05) is 24.0 Å². The van der Waals surface area contributed by atoms with E-state index in [1.807, 2.05) is 30.3 Å². The Hall–Kier alpha value is -2.62. The minimum absolute atomic E-state index is 0.0962. The molecule has 152 valence electrons. The molecule has 29 heavy (non-hydrogen) atoms. The lowest BCUT2D eigenvalue weighted by molar-refractivity contribution is -0.660. The van der Waals surface area contributed by atoms with Gasteiger partial charge in [0.05, 0.1) is 5.41 Å². The maximum Gasteiger partial charge on any atom is 0.394 e. The number of alkyl halides is 3. The zero-order valence-corrected chi connectivity index (χ0v) is 16.9. The highest BCUT2D eigenvalue weighted by Crippen LogP contribution is 2.40. The number of benzene rings is 2. The Labute approximate surface area is 177 Å². The molecule has 1 aromatic heterocycles. The Balaban J connectivity index is 2.18. The number of aromatic nitrogens is 1. The van der Waals surface area contributed by atoms with Crippen molar-refractivity contribution in [2.75, 3.05) is 0 Å². The van der Waals surface area contributed by atoms with Gasteiger partial charge in [0.25, 0.3) is 0 Å². The fourth-order valence-electron chi connectivity index (χ4n) is 3.23. The van der Waals surface area contributed by atoms with Crippen LogP contribution in [0.4, 0.5) is 13.2 Å². The summed E-state index contributed by atoms with van der Waals surface area (Å²) in [6, 6.07) is 15.4. The van der Waals surface area contributed by atoms with Crippen molar-refractivity contribution in [2.45, 2.75) is 40.2 Å². The van der Waals surface area contributed by atoms with E-state index in [4.69, 9.17) is 6.85 Å². The third-order valence-electron chi connectivity index (χ3n) is 5.02. The summed E-state index contributed by atoms with van der Waals surface area (Å²) in [5.41, 5.74) is 0.798. The van der Waals surface area contributed by atoms with E-state index in [9.17, 15) is 13.2 Å². The molecule has 2 aromatic carbocycles. The van der Waals surface area contributed by atoms with Gasteiger partial charge in [-0.05, 0) is 54.5 Å². The topological polar surface area (TPSA) is 3.88 Å². The molecule has 0 radical (unpaired) electrons. The Morgan fingerprint density at radius 2 is 1.66 bits per heavy atom. The van der Waals surface area contributed by atoms with Crippen LogP contribution in [0.1, 0.15) is 37.4 Å². The van der Waals surface area contributed by atoms with E-state index in [0.717, 1.165) is 19.4 Å². The summed E-state index contributed by atoms with van der Waals surface area (Å²) in [5.74, 6) is 0. The number of nitrogens with zero attached hydrogens (tertiary/aromatic N) is 1. The van der Waals surface area contributed by atoms with E-state index in [1.165, 1.54) is 12.3 Å². The van der Waals surface area contributed by atoms with Crippen LogP contribution in [0.25, 0.3) is 22.4 Å². The van der Waals surface area contributed by atoms with E-state index in [-0.39, 0.29) is 11.1 Å². The van der Waals surface area contributed by atoms with Gasteiger partial charge in [-0.15, -0.1) is 0 Å². The first-order valence-electron chi connectivity index (χ1n) is 11.8. The molecule has 3 aromatic rings. The van der Waals surface area contributed by atoms with Gasteiger partial charge < -0.3 is 0 Å². The van der Waals surface area contributed by atoms with Crippen LogP contribution < -0.4 is 4.57 Å². The van der Waals surface area contributed by atoms with Crippen LogP contribution in [0.2, 0.25) is 0 Å². The summed E-state index contributed by atoms with van der Waals surface area (Å²) in [6.07, 6.45) is -6.04.